The number of para-hydroxylation sites is 2. The van der Waals surface area contributed by atoms with Crippen molar-refractivity contribution in [2.45, 2.75) is 17.5 Å². The van der Waals surface area contributed by atoms with E-state index in [-0.39, 0.29) is 11.7 Å². The molecule has 22 heavy (non-hydrogen) atoms. The Bertz CT molecular complexity index is 778. The van der Waals surface area contributed by atoms with Crippen molar-refractivity contribution < 1.29 is 14.0 Å². The summed E-state index contributed by atoms with van der Waals surface area (Å²) in [5.74, 6) is -0.448. The van der Waals surface area contributed by atoms with Gasteiger partial charge < -0.3 is 9.73 Å². The van der Waals surface area contributed by atoms with Crippen LogP contribution in [0.25, 0.3) is 11.1 Å². The van der Waals surface area contributed by atoms with Gasteiger partial charge in [0.2, 0.25) is 11.7 Å². The van der Waals surface area contributed by atoms with Crippen molar-refractivity contribution in [2.75, 3.05) is 0 Å². The number of aromatic nitrogens is 1. The normalized spacial score (nSPS) is 12.2. The Hall–Kier alpha value is -2.12. The molecule has 0 saturated heterocycles. The molecule has 112 valence electrons. The number of fused-ring (bicyclic) bond motifs is 1. The second-order valence-corrected chi connectivity index (χ2v) is 6.49. The molecule has 0 radical (unpaired) electrons. The third-order valence-corrected chi connectivity index (χ3v) is 4.66. The van der Waals surface area contributed by atoms with Crippen LogP contribution in [0.15, 0.2) is 51.4 Å². The summed E-state index contributed by atoms with van der Waals surface area (Å²) in [5, 5.41) is 4.06. The van der Waals surface area contributed by atoms with Gasteiger partial charge in [0, 0.05) is 6.92 Å². The molecular weight excluding hydrogens is 320 g/mol. The first-order chi connectivity index (χ1) is 10.6. The first-order valence-corrected chi connectivity index (χ1v) is 8.26. The Morgan fingerprint density at radius 3 is 2.77 bits per heavy atom. The molecule has 0 aliphatic rings. The van der Waals surface area contributed by atoms with E-state index in [1.165, 1.54) is 18.3 Å². The highest BCUT2D eigenvalue weighted by molar-refractivity contribution is 8.00. The number of nitrogens with zero attached hydrogens (tertiary/aromatic N) is 1. The zero-order chi connectivity index (χ0) is 15.5. The van der Waals surface area contributed by atoms with Gasteiger partial charge in [0.1, 0.15) is 10.9 Å². The second kappa shape index (κ2) is 6.33. The summed E-state index contributed by atoms with van der Waals surface area (Å²) in [4.78, 5) is 28.7. The Morgan fingerprint density at radius 2 is 2.09 bits per heavy atom. The molecule has 0 unspecified atom stereocenters. The number of nitrogens with one attached hydrogen (secondary N) is 1. The number of thioether (sulfide) groups is 1. The van der Waals surface area contributed by atoms with E-state index in [4.69, 9.17) is 4.42 Å². The van der Waals surface area contributed by atoms with Gasteiger partial charge in [-0.25, -0.2) is 4.98 Å². The molecule has 7 heteroatoms. The zero-order valence-corrected chi connectivity index (χ0v) is 13.2. The molecule has 0 aliphatic heterocycles. The van der Waals surface area contributed by atoms with Crippen LogP contribution in [0.2, 0.25) is 0 Å². The SMILES string of the molecule is CC(=O)N[C@H](Sc1nc2ccccc2o1)C(=O)c1cccs1. The maximum Gasteiger partial charge on any atom is 0.259 e. The average Bonchev–Trinajstić information content (AvgIpc) is 3.14. The predicted molar refractivity (Wildman–Crippen MR) is 86.1 cm³/mol. The van der Waals surface area contributed by atoms with Gasteiger partial charge in [0.15, 0.2) is 5.58 Å². The molecule has 1 aromatic carbocycles. The van der Waals surface area contributed by atoms with Gasteiger partial charge in [-0.05, 0) is 35.3 Å². The van der Waals surface area contributed by atoms with Crippen LogP contribution in [0.1, 0.15) is 16.6 Å². The van der Waals surface area contributed by atoms with E-state index in [0.29, 0.717) is 15.7 Å². The molecule has 1 atom stereocenters. The number of carbonyl (C=O) groups is 2. The fourth-order valence-electron chi connectivity index (χ4n) is 1.88. The van der Waals surface area contributed by atoms with E-state index in [1.807, 2.05) is 23.6 Å². The number of oxazole rings is 1. The number of amides is 1. The lowest BCUT2D eigenvalue weighted by Crippen LogP contribution is -2.36. The van der Waals surface area contributed by atoms with Crippen molar-refractivity contribution in [1.29, 1.82) is 0 Å². The first kappa shape index (κ1) is 14.8. The molecule has 1 amide bonds. The molecule has 0 saturated carbocycles. The van der Waals surface area contributed by atoms with Crippen LogP contribution < -0.4 is 5.32 Å². The van der Waals surface area contributed by atoms with Gasteiger partial charge in [-0.15, -0.1) is 11.3 Å². The van der Waals surface area contributed by atoms with Gasteiger partial charge in [-0.2, -0.15) is 0 Å². The minimum atomic E-state index is -0.760. The lowest BCUT2D eigenvalue weighted by Gasteiger charge is -2.13. The largest absolute Gasteiger partial charge is 0.431 e. The number of Topliss-reactive ketones (excluding diaryl/α,β-unsaturated/α-hetero) is 1. The quantitative estimate of drug-likeness (QED) is 0.441. The predicted octanol–water partition coefficient (Wildman–Crippen LogP) is 3.33. The third kappa shape index (κ3) is 3.20. The summed E-state index contributed by atoms with van der Waals surface area (Å²) in [6.07, 6.45) is 0. The molecule has 0 aliphatic carbocycles. The molecule has 3 rings (SSSR count). The summed E-state index contributed by atoms with van der Waals surface area (Å²) in [7, 11) is 0. The Labute approximate surface area is 134 Å². The molecule has 2 heterocycles. The van der Waals surface area contributed by atoms with Crippen LogP contribution in [-0.4, -0.2) is 22.0 Å². The molecular formula is C15H12N2O3S2. The van der Waals surface area contributed by atoms with Gasteiger partial charge in [0.25, 0.3) is 5.22 Å². The van der Waals surface area contributed by atoms with Crippen molar-refractivity contribution in [3.05, 3.63) is 46.7 Å². The number of hydrogen-bond acceptors (Lipinski definition) is 6. The van der Waals surface area contributed by atoms with Crippen molar-refractivity contribution in [2.24, 2.45) is 0 Å². The Kier molecular flexibility index (Phi) is 4.26. The first-order valence-electron chi connectivity index (χ1n) is 6.50. The smallest absolute Gasteiger partial charge is 0.259 e. The number of carbonyl (C=O) groups excluding carboxylic acids is 2. The number of thiophene rings is 1. The topological polar surface area (TPSA) is 72.2 Å². The van der Waals surface area contributed by atoms with E-state index in [1.54, 1.807) is 18.2 Å². The van der Waals surface area contributed by atoms with Gasteiger partial charge in [-0.3, -0.25) is 9.59 Å². The lowest BCUT2D eigenvalue weighted by molar-refractivity contribution is -0.119. The van der Waals surface area contributed by atoms with Crippen LogP contribution in [0.3, 0.4) is 0 Å². The highest BCUT2D eigenvalue weighted by atomic mass is 32.2. The highest BCUT2D eigenvalue weighted by Gasteiger charge is 2.25. The number of rotatable bonds is 5. The van der Waals surface area contributed by atoms with E-state index < -0.39 is 5.37 Å². The second-order valence-electron chi connectivity index (χ2n) is 4.49. The van der Waals surface area contributed by atoms with E-state index in [9.17, 15) is 9.59 Å². The molecule has 5 nitrogen and oxygen atoms in total. The fraction of sp³-hybridized carbons (Fsp3) is 0.133. The average molecular weight is 332 g/mol. The molecule has 3 aromatic rings. The van der Waals surface area contributed by atoms with Gasteiger partial charge in [0.05, 0.1) is 4.88 Å². The van der Waals surface area contributed by atoms with Gasteiger partial charge in [-0.1, -0.05) is 18.2 Å². The molecule has 0 bridgehead atoms. The summed E-state index contributed by atoms with van der Waals surface area (Å²) in [6, 6.07) is 10.9. The number of ketones is 1. The van der Waals surface area contributed by atoms with Crippen LogP contribution in [0, 0.1) is 0 Å². The Balaban J connectivity index is 1.86. The van der Waals surface area contributed by atoms with Crippen molar-refractivity contribution in [1.82, 2.24) is 10.3 Å². The third-order valence-electron chi connectivity index (χ3n) is 2.83. The van der Waals surface area contributed by atoms with Crippen molar-refractivity contribution in [3.63, 3.8) is 0 Å². The fourth-order valence-corrected chi connectivity index (χ4v) is 3.60. The Morgan fingerprint density at radius 1 is 1.27 bits per heavy atom. The zero-order valence-electron chi connectivity index (χ0n) is 11.6. The minimum Gasteiger partial charge on any atom is -0.431 e. The van der Waals surface area contributed by atoms with Crippen LogP contribution in [0.5, 0.6) is 0 Å². The maximum atomic E-state index is 12.5. The van der Waals surface area contributed by atoms with E-state index in [0.717, 1.165) is 17.3 Å². The van der Waals surface area contributed by atoms with Crippen LogP contribution in [-0.2, 0) is 4.79 Å². The molecule has 0 spiro atoms. The summed E-state index contributed by atoms with van der Waals surface area (Å²) in [6.45, 7) is 1.38. The maximum absolute atomic E-state index is 12.5. The number of hydrogen-bond donors (Lipinski definition) is 1. The molecule has 2 aromatic heterocycles. The van der Waals surface area contributed by atoms with Gasteiger partial charge >= 0.3 is 0 Å². The summed E-state index contributed by atoms with van der Waals surface area (Å²) >= 11 is 2.43. The minimum absolute atomic E-state index is 0.169. The highest BCUT2D eigenvalue weighted by Crippen LogP contribution is 2.28. The van der Waals surface area contributed by atoms with Crippen molar-refractivity contribution >= 4 is 45.9 Å². The number of benzene rings is 1. The molecule has 1 N–H and O–H groups in total. The summed E-state index contributed by atoms with van der Waals surface area (Å²) in [5.41, 5.74) is 1.37. The van der Waals surface area contributed by atoms with E-state index in [2.05, 4.69) is 10.3 Å². The standard InChI is InChI=1S/C15H12N2O3S2/c1-9(18)16-14(13(19)12-7-4-8-21-12)22-15-17-10-5-2-3-6-11(10)20-15/h2-8,14H,1H3,(H,16,18)/t14-/m1/s1. The summed E-state index contributed by atoms with van der Waals surface area (Å²) < 4.78 is 5.60. The van der Waals surface area contributed by atoms with Crippen molar-refractivity contribution in [3.8, 4) is 0 Å². The van der Waals surface area contributed by atoms with Crippen LogP contribution in [0.4, 0.5) is 0 Å². The molecule has 0 fully saturated rings. The monoisotopic (exact) mass is 332 g/mol. The van der Waals surface area contributed by atoms with Crippen LogP contribution >= 0.6 is 23.1 Å². The lowest BCUT2D eigenvalue weighted by atomic mass is 10.3. The van der Waals surface area contributed by atoms with E-state index >= 15 is 0 Å².